The lowest BCUT2D eigenvalue weighted by Crippen LogP contribution is -1.94. The first-order chi connectivity index (χ1) is 8.60. The molecule has 2 aromatic carbocycles. The summed E-state index contributed by atoms with van der Waals surface area (Å²) in [4.78, 5) is 0. The first-order valence-electron chi connectivity index (χ1n) is 5.02. The Morgan fingerprint density at radius 2 is 1.83 bits per heavy atom. The molecule has 5 heteroatoms. The van der Waals surface area contributed by atoms with Crippen LogP contribution in [0.4, 0.5) is 20.2 Å². The summed E-state index contributed by atoms with van der Waals surface area (Å²) in [6, 6.07) is 10.5. The first-order valence-corrected chi connectivity index (χ1v) is 5.81. The van der Waals surface area contributed by atoms with Crippen molar-refractivity contribution in [2.45, 2.75) is 0 Å². The Bertz CT molecular complexity index is 635. The monoisotopic (exact) mass is 308 g/mol. The fraction of sp³-hybridized carbons (Fsp3) is 0. The fourth-order valence-electron chi connectivity index (χ4n) is 1.42. The zero-order chi connectivity index (χ0) is 13.1. The predicted molar refractivity (Wildman–Crippen MR) is 68.5 cm³/mol. The highest BCUT2D eigenvalue weighted by atomic mass is 79.9. The van der Waals surface area contributed by atoms with Crippen LogP contribution in [0.5, 0.6) is 0 Å². The molecule has 1 N–H and O–H groups in total. The largest absolute Gasteiger partial charge is 0.355 e. The van der Waals surface area contributed by atoms with E-state index in [4.69, 9.17) is 5.26 Å². The molecule has 0 amide bonds. The minimum Gasteiger partial charge on any atom is -0.355 e. The molecule has 0 fully saturated rings. The van der Waals surface area contributed by atoms with Gasteiger partial charge in [0.15, 0.2) is 11.6 Å². The zero-order valence-electron chi connectivity index (χ0n) is 9.05. The molecule has 0 aliphatic rings. The number of nitrogens with zero attached hydrogens (tertiary/aromatic N) is 1. The molecule has 0 aromatic heterocycles. The highest BCUT2D eigenvalue weighted by molar-refractivity contribution is 9.10. The molecule has 0 heterocycles. The van der Waals surface area contributed by atoms with E-state index in [2.05, 4.69) is 21.2 Å². The molecule has 0 aliphatic heterocycles. The van der Waals surface area contributed by atoms with Gasteiger partial charge in [0.2, 0.25) is 0 Å². The number of halogens is 3. The lowest BCUT2D eigenvalue weighted by molar-refractivity contribution is 0.509. The molecule has 18 heavy (non-hydrogen) atoms. The van der Waals surface area contributed by atoms with E-state index in [9.17, 15) is 8.78 Å². The quantitative estimate of drug-likeness (QED) is 0.895. The number of hydrogen-bond acceptors (Lipinski definition) is 2. The number of anilines is 2. The van der Waals surface area contributed by atoms with Crippen molar-refractivity contribution in [1.82, 2.24) is 0 Å². The number of hydrogen-bond donors (Lipinski definition) is 1. The van der Waals surface area contributed by atoms with Crippen LogP contribution in [-0.4, -0.2) is 0 Å². The van der Waals surface area contributed by atoms with E-state index in [0.29, 0.717) is 21.4 Å². The van der Waals surface area contributed by atoms with Crippen LogP contribution in [0.15, 0.2) is 40.9 Å². The topological polar surface area (TPSA) is 35.8 Å². The van der Waals surface area contributed by atoms with Gasteiger partial charge in [-0.1, -0.05) is 0 Å². The van der Waals surface area contributed by atoms with Crippen molar-refractivity contribution in [1.29, 1.82) is 5.26 Å². The van der Waals surface area contributed by atoms with Crippen LogP contribution in [0.3, 0.4) is 0 Å². The van der Waals surface area contributed by atoms with Crippen molar-refractivity contribution in [3.63, 3.8) is 0 Å². The molecule has 0 saturated carbocycles. The van der Waals surface area contributed by atoms with Crippen molar-refractivity contribution in [3.8, 4) is 6.07 Å². The van der Waals surface area contributed by atoms with E-state index in [1.807, 2.05) is 6.07 Å². The third-order valence-corrected chi connectivity index (χ3v) is 2.95. The Balaban J connectivity index is 2.29. The molecule has 0 radical (unpaired) electrons. The van der Waals surface area contributed by atoms with Gasteiger partial charge in [-0.25, -0.2) is 8.78 Å². The smallest absolute Gasteiger partial charge is 0.160 e. The summed E-state index contributed by atoms with van der Waals surface area (Å²) in [5, 5.41) is 11.7. The summed E-state index contributed by atoms with van der Waals surface area (Å²) in [7, 11) is 0. The van der Waals surface area contributed by atoms with E-state index in [1.165, 1.54) is 6.07 Å². The maximum absolute atomic E-state index is 13.0. The van der Waals surface area contributed by atoms with Crippen LogP contribution in [0.2, 0.25) is 0 Å². The van der Waals surface area contributed by atoms with Crippen molar-refractivity contribution in [2.75, 3.05) is 5.32 Å². The third kappa shape index (κ3) is 2.66. The molecule has 0 unspecified atom stereocenters. The van der Waals surface area contributed by atoms with E-state index in [-0.39, 0.29) is 0 Å². The van der Waals surface area contributed by atoms with Crippen molar-refractivity contribution < 1.29 is 8.78 Å². The van der Waals surface area contributed by atoms with E-state index in [0.717, 1.165) is 12.1 Å². The minimum absolute atomic E-state index is 0.430. The van der Waals surface area contributed by atoms with Gasteiger partial charge in [0, 0.05) is 16.2 Å². The van der Waals surface area contributed by atoms with Crippen LogP contribution in [0.1, 0.15) is 5.56 Å². The van der Waals surface area contributed by atoms with E-state index >= 15 is 0 Å². The molecule has 0 saturated heterocycles. The summed E-state index contributed by atoms with van der Waals surface area (Å²) in [6.45, 7) is 0. The highest BCUT2D eigenvalue weighted by Gasteiger charge is 2.05. The molecular formula is C13H7BrF2N2. The molecule has 2 rings (SSSR count). The fourth-order valence-corrected chi connectivity index (χ4v) is 1.89. The van der Waals surface area contributed by atoms with Crippen LogP contribution < -0.4 is 5.32 Å². The van der Waals surface area contributed by atoms with Crippen LogP contribution in [-0.2, 0) is 0 Å². The molecule has 0 bridgehead atoms. The average molecular weight is 309 g/mol. The molecule has 90 valence electrons. The van der Waals surface area contributed by atoms with Gasteiger partial charge in [-0.2, -0.15) is 5.26 Å². The van der Waals surface area contributed by atoms with Gasteiger partial charge in [-0.3, -0.25) is 0 Å². The second-order valence-corrected chi connectivity index (χ2v) is 4.41. The van der Waals surface area contributed by atoms with Gasteiger partial charge in [0.1, 0.15) is 0 Å². The lowest BCUT2D eigenvalue weighted by Gasteiger charge is -2.09. The molecule has 2 nitrogen and oxygen atoms in total. The summed E-state index contributed by atoms with van der Waals surface area (Å²) in [6.07, 6.45) is 0. The number of rotatable bonds is 2. The molecular weight excluding hydrogens is 302 g/mol. The van der Waals surface area contributed by atoms with Crippen molar-refractivity contribution in [3.05, 3.63) is 58.1 Å². The molecule has 2 aromatic rings. The molecule has 0 atom stereocenters. The van der Waals surface area contributed by atoms with Gasteiger partial charge in [0.05, 0.1) is 17.3 Å². The SMILES string of the molecule is N#Cc1ccc(Nc2ccc(F)c(F)c2)c(Br)c1. The van der Waals surface area contributed by atoms with Gasteiger partial charge >= 0.3 is 0 Å². The highest BCUT2D eigenvalue weighted by Crippen LogP contribution is 2.27. The normalized spacial score (nSPS) is 9.89. The van der Waals surface area contributed by atoms with E-state index < -0.39 is 11.6 Å². The summed E-state index contributed by atoms with van der Waals surface area (Å²) in [5.74, 6) is -1.80. The van der Waals surface area contributed by atoms with Crippen LogP contribution >= 0.6 is 15.9 Å². The number of nitrogens with one attached hydrogen (secondary N) is 1. The van der Waals surface area contributed by atoms with Crippen molar-refractivity contribution in [2.24, 2.45) is 0 Å². The Labute approximate surface area is 111 Å². The Morgan fingerprint density at radius 3 is 2.44 bits per heavy atom. The molecule has 0 spiro atoms. The first kappa shape index (κ1) is 12.5. The summed E-state index contributed by atoms with van der Waals surface area (Å²) < 4.78 is 26.5. The van der Waals surface area contributed by atoms with Crippen LogP contribution in [0.25, 0.3) is 0 Å². The summed E-state index contributed by atoms with van der Waals surface area (Å²) >= 11 is 3.30. The third-order valence-electron chi connectivity index (χ3n) is 2.30. The Hall–Kier alpha value is -1.93. The summed E-state index contributed by atoms with van der Waals surface area (Å²) in [5.41, 5.74) is 1.61. The minimum atomic E-state index is -0.912. The Morgan fingerprint density at radius 1 is 1.06 bits per heavy atom. The van der Waals surface area contributed by atoms with Gasteiger partial charge in [0.25, 0.3) is 0 Å². The lowest BCUT2D eigenvalue weighted by atomic mass is 10.2. The Kier molecular flexibility index (Phi) is 3.58. The average Bonchev–Trinajstić information content (AvgIpc) is 2.36. The maximum atomic E-state index is 13.0. The standard InChI is InChI=1S/C13H7BrF2N2/c14-10-5-8(7-17)1-4-13(10)18-9-2-3-11(15)12(16)6-9/h1-6,18H. The van der Waals surface area contributed by atoms with Crippen molar-refractivity contribution >= 4 is 27.3 Å². The van der Waals surface area contributed by atoms with E-state index in [1.54, 1.807) is 18.2 Å². The second kappa shape index (κ2) is 5.15. The number of nitriles is 1. The zero-order valence-corrected chi connectivity index (χ0v) is 10.6. The number of benzene rings is 2. The van der Waals surface area contributed by atoms with Gasteiger partial charge < -0.3 is 5.32 Å². The van der Waals surface area contributed by atoms with Crippen LogP contribution in [0, 0.1) is 23.0 Å². The van der Waals surface area contributed by atoms with Gasteiger partial charge in [-0.15, -0.1) is 0 Å². The van der Waals surface area contributed by atoms with Gasteiger partial charge in [-0.05, 0) is 46.3 Å². The maximum Gasteiger partial charge on any atom is 0.160 e. The molecule has 0 aliphatic carbocycles. The second-order valence-electron chi connectivity index (χ2n) is 3.56. The predicted octanol–water partition coefficient (Wildman–Crippen LogP) is 4.34.